The molecule has 5 nitrogen and oxygen atoms in total. The van der Waals surface area contributed by atoms with E-state index in [2.05, 4.69) is 84.8 Å². The van der Waals surface area contributed by atoms with Crippen molar-refractivity contribution in [3.05, 3.63) is 96.1 Å². The fraction of sp³-hybridized carbons (Fsp3) is 0.500. The highest BCUT2D eigenvalue weighted by atomic mass is 16.5. The van der Waals surface area contributed by atoms with Gasteiger partial charge in [0.25, 0.3) is 0 Å². The number of ether oxygens (including phenoxy) is 1. The molecule has 0 bridgehead atoms. The number of nitrogens with one attached hydrogen (secondary N) is 1. The van der Waals surface area contributed by atoms with Crippen molar-refractivity contribution < 1.29 is 14.1 Å². The Balaban J connectivity index is 1.28. The van der Waals surface area contributed by atoms with E-state index in [9.17, 15) is 4.79 Å². The molecule has 0 aliphatic heterocycles. The lowest BCUT2D eigenvalue weighted by atomic mass is 9.86. The molecule has 45 heavy (non-hydrogen) atoms. The van der Waals surface area contributed by atoms with Gasteiger partial charge in [0.05, 0.1) is 19.2 Å². The van der Waals surface area contributed by atoms with Crippen molar-refractivity contribution in [3.63, 3.8) is 0 Å². The van der Waals surface area contributed by atoms with E-state index >= 15 is 0 Å². The number of unbranched alkanes of at least 4 members (excludes halogenated alkanes) is 11. The Labute approximate surface area is 272 Å². The molecule has 0 aliphatic carbocycles. The molecule has 0 aliphatic rings. The number of nitrogens with zero attached hydrogens (tertiary/aromatic N) is 2. The standard InChI is InChI=1S/C40H55N3O2/c1-5-6-7-8-9-10-11-12-13-14-15-20-27-45-38-29-35(40(2,3)4)25-24-33(38)28-39(44)41-37-23-17-16-21-34(37)30-42-31-36-22-18-19-26-43(36)32-42/h16-19,21-26,29,31-32H,5-15,20,27-28,30H2,1-4H3/p+1. The summed E-state index contributed by atoms with van der Waals surface area (Å²) in [6, 6.07) is 20.6. The first kappa shape index (κ1) is 34.3. The summed E-state index contributed by atoms with van der Waals surface area (Å²) in [5, 5.41) is 3.19. The maximum absolute atomic E-state index is 13.4. The first-order valence-electron chi connectivity index (χ1n) is 17.4. The van der Waals surface area contributed by atoms with Gasteiger partial charge in [0, 0.05) is 16.8 Å². The molecule has 242 valence electrons. The third-order valence-corrected chi connectivity index (χ3v) is 8.68. The largest absolute Gasteiger partial charge is 0.493 e. The van der Waals surface area contributed by atoms with Crippen molar-refractivity contribution in [1.82, 2.24) is 4.40 Å². The lowest BCUT2D eigenvalue weighted by Crippen LogP contribution is -2.32. The van der Waals surface area contributed by atoms with E-state index in [4.69, 9.17) is 4.74 Å². The number of hydrogen-bond acceptors (Lipinski definition) is 2. The predicted octanol–water partition coefficient (Wildman–Crippen LogP) is 9.83. The van der Waals surface area contributed by atoms with Crippen LogP contribution in [0.1, 0.15) is 121 Å². The van der Waals surface area contributed by atoms with Crippen molar-refractivity contribution in [2.45, 2.75) is 123 Å². The molecule has 0 saturated heterocycles. The molecule has 0 unspecified atom stereocenters. The third kappa shape index (κ3) is 11.4. The Hall–Kier alpha value is -3.60. The SMILES string of the molecule is CCCCCCCCCCCCCCOc1cc(C(C)(C)C)ccc1CC(=O)Nc1ccccc1C[n+]1cc2ccccn2c1. The van der Waals surface area contributed by atoms with Gasteiger partial charge in [-0.3, -0.25) is 4.79 Å². The van der Waals surface area contributed by atoms with Crippen molar-refractivity contribution in [1.29, 1.82) is 0 Å². The van der Waals surface area contributed by atoms with Crippen LogP contribution in [0.3, 0.4) is 0 Å². The normalized spacial score (nSPS) is 11.6. The van der Waals surface area contributed by atoms with Crippen LogP contribution < -0.4 is 14.6 Å². The second-order valence-corrected chi connectivity index (χ2v) is 13.6. The summed E-state index contributed by atoms with van der Waals surface area (Å²) in [5.74, 6) is 0.804. The zero-order chi connectivity index (χ0) is 31.9. The molecule has 4 aromatic rings. The quantitative estimate of drug-likeness (QED) is 0.0848. The Morgan fingerprint density at radius 3 is 2.16 bits per heavy atom. The van der Waals surface area contributed by atoms with E-state index in [-0.39, 0.29) is 17.7 Å². The first-order valence-corrected chi connectivity index (χ1v) is 17.4. The van der Waals surface area contributed by atoms with Crippen LogP contribution in [0.5, 0.6) is 5.75 Å². The van der Waals surface area contributed by atoms with Gasteiger partial charge in [-0.05, 0) is 41.7 Å². The van der Waals surface area contributed by atoms with Gasteiger partial charge in [0.2, 0.25) is 12.2 Å². The Kier molecular flexibility index (Phi) is 13.5. The molecular formula is C40H56N3O2+. The number of para-hydroxylation sites is 1. The van der Waals surface area contributed by atoms with Crippen LogP contribution in [0, 0.1) is 0 Å². The smallest absolute Gasteiger partial charge is 0.249 e. The topological polar surface area (TPSA) is 46.6 Å². The summed E-state index contributed by atoms with van der Waals surface area (Å²) in [6.45, 7) is 10.3. The number of pyridine rings is 1. The molecule has 0 radical (unpaired) electrons. The van der Waals surface area contributed by atoms with Crippen molar-refractivity contribution in [2.75, 3.05) is 11.9 Å². The van der Waals surface area contributed by atoms with Gasteiger partial charge in [-0.25, -0.2) is 8.97 Å². The van der Waals surface area contributed by atoms with Gasteiger partial charge < -0.3 is 10.1 Å². The third-order valence-electron chi connectivity index (χ3n) is 8.68. The number of fused-ring (bicyclic) bond motifs is 1. The maximum Gasteiger partial charge on any atom is 0.249 e. The van der Waals surface area contributed by atoms with Crippen molar-refractivity contribution >= 4 is 17.1 Å². The number of imidazole rings is 1. The number of anilines is 1. The molecule has 2 aromatic carbocycles. The number of hydrogen-bond donors (Lipinski definition) is 1. The highest BCUT2D eigenvalue weighted by molar-refractivity contribution is 5.93. The van der Waals surface area contributed by atoms with E-state index in [1.165, 1.54) is 76.2 Å². The Bertz CT molecular complexity index is 1430. The van der Waals surface area contributed by atoms with Crippen LogP contribution >= 0.6 is 0 Å². The van der Waals surface area contributed by atoms with Crippen LogP contribution in [0.4, 0.5) is 5.69 Å². The molecule has 0 atom stereocenters. The van der Waals surface area contributed by atoms with Crippen LogP contribution in [0.2, 0.25) is 0 Å². The van der Waals surface area contributed by atoms with Crippen molar-refractivity contribution in [2.24, 2.45) is 0 Å². The van der Waals surface area contributed by atoms with Gasteiger partial charge in [0.15, 0.2) is 5.52 Å². The number of carbonyl (C=O) groups excluding carboxylic acids is 1. The molecule has 0 saturated carbocycles. The molecule has 1 amide bonds. The first-order chi connectivity index (χ1) is 21.8. The van der Waals surface area contributed by atoms with E-state index in [0.717, 1.165) is 34.5 Å². The minimum absolute atomic E-state index is 0.00932. The number of carbonyl (C=O) groups is 1. The van der Waals surface area contributed by atoms with E-state index in [1.54, 1.807) is 0 Å². The average molecular weight is 611 g/mol. The fourth-order valence-corrected chi connectivity index (χ4v) is 5.90. The molecule has 4 rings (SSSR count). The summed E-state index contributed by atoms with van der Waals surface area (Å²) in [7, 11) is 0. The van der Waals surface area contributed by atoms with Crippen LogP contribution in [0.25, 0.3) is 5.52 Å². The average Bonchev–Trinajstić information content (AvgIpc) is 3.43. The number of amides is 1. The Morgan fingerprint density at radius 1 is 0.800 bits per heavy atom. The monoisotopic (exact) mass is 610 g/mol. The summed E-state index contributed by atoms with van der Waals surface area (Å²) >= 11 is 0. The lowest BCUT2D eigenvalue weighted by Gasteiger charge is -2.21. The maximum atomic E-state index is 13.4. The highest BCUT2D eigenvalue weighted by Crippen LogP contribution is 2.30. The number of aromatic nitrogens is 2. The summed E-state index contributed by atoms with van der Waals surface area (Å²) in [4.78, 5) is 13.4. The summed E-state index contributed by atoms with van der Waals surface area (Å²) in [6.07, 6.45) is 22.4. The molecule has 2 heterocycles. The lowest BCUT2D eigenvalue weighted by molar-refractivity contribution is -0.686. The highest BCUT2D eigenvalue weighted by Gasteiger charge is 2.18. The summed E-state index contributed by atoms with van der Waals surface area (Å²) < 4.78 is 10.6. The minimum atomic E-state index is -0.0341. The molecule has 5 heteroatoms. The molecule has 0 spiro atoms. The zero-order valence-electron chi connectivity index (χ0n) is 28.3. The van der Waals surface area contributed by atoms with Gasteiger partial charge >= 0.3 is 0 Å². The van der Waals surface area contributed by atoms with Crippen LogP contribution in [-0.4, -0.2) is 16.9 Å². The molecular weight excluding hydrogens is 554 g/mol. The van der Waals surface area contributed by atoms with E-state index < -0.39 is 0 Å². The fourth-order valence-electron chi connectivity index (χ4n) is 5.90. The van der Waals surface area contributed by atoms with Gasteiger partial charge in [-0.2, -0.15) is 0 Å². The molecule has 2 aromatic heterocycles. The van der Waals surface area contributed by atoms with Crippen molar-refractivity contribution in [3.8, 4) is 5.75 Å². The minimum Gasteiger partial charge on any atom is -0.493 e. The number of rotatable bonds is 19. The van der Waals surface area contributed by atoms with Crippen LogP contribution in [0.15, 0.2) is 79.4 Å². The zero-order valence-corrected chi connectivity index (χ0v) is 28.3. The Morgan fingerprint density at radius 2 is 1.47 bits per heavy atom. The second kappa shape index (κ2) is 17.8. The molecule has 1 N–H and O–H groups in total. The number of benzene rings is 2. The van der Waals surface area contributed by atoms with E-state index in [0.29, 0.717) is 13.2 Å². The van der Waals surface area contributed by atoms with Crippen LogP contribution in [-0.2, 0) is 23.2 Å². The van der Waals surface area contributed by atoms with E-state index in [1.807, 2.05) is 36.5 Å². The molecule has 0 fully saturated rings. The second-order valence-electron chi connectivity index (χ2n) is 13.6. The van der Waals surface area contributed by atoms with Gasteiger partial charge in [0.1, 0.15) is 18.5 Å². The van der Waals surface area contributed by atoms with Gasteiger partial charge in [-0.15, -0.1) is 0 Å². The van der Waals surface area contributed by atoms with Gasteiger partial charge in [-0.1, -0.05) is 135 Å². The summed E-state index contributed by atoms with van der Waals surface area (Å²) in [5.41, 5.74) is 5.21. The predicted molar refractivity (Wildman–Crippen MR) is 187 cm³/mol.